The van der Waals surface area contributed by atoms with Crippen LogP contribution in [0.3, 0.4) is 0 Å². The van der Waals surface area contributed by atoms with E-state index in [2.05, 4.69) is 5.32 Å². The summed E-state index contributed by atoms with van der Waals surface area (Å²) in [5.41, 5.74) is 2.30. The van der Waals surface area contributed by atoms with Gasteiger partial charge in [-0.25, -0.2) is 0 Å². The lowest BCUT2D eigenvalue weighted by atomic mass is 10.1. The number of benzene rings is 2. The molecule has 0 atom stereocenters. The van der Waals surface area contributed by atoms with E-state index in [9.17, 15) is 9.59 Å². The van der Waals surface area contributed by atoms with E-state index in [-0.39, 0.29) is 17.9 Å². The summed E-state index contributed by atoms with van der Waals surface area (Å²) in [6, 6.07) is 15.0. The zero-order valence-electron chi connectivity index (χ0n) is 16.1. The van der Waals surface area contributed by atoms with Crippen LogP contribution in [0.5, 0.6) is 5.75 Å². The zero-order chi connectivity index (χ0) is 19.4. The lowest BCUT2D eigenvalue weighted by Gasteiger charge is -2.23. The van der Waals surface area contributed by atoms with E-state index in [0.29, 0.717) is 23.7 Å². The second-order valence-electron chi connectivity index (χ2n) is 7.13. The van der Waals surface area contributed by atoms with Crippen LogP contribution in [0.25, 0.3) is 0 Å². The lowest BCUT2D eigenvalue weighted by Crippen LogP contribution is -2.32. The van der Waals surface area contributed by atoms with Crippen molar-refractivity contribution in [3.63, 3.8) is 0 Å². The maximum Gasteiger partial charge on any atom is 0.254 e. The van der Waals surface area contributed by atoms with Gasteiger partial charge in [0.1, 0.15) is 5.75 Å². The van der Waals surface area contributed by atoms with Gasteiger partial charge in [-0.05, 0) is 68.7 Å². The van der Waals surface area contributed by atoms with E-state index in [4.69, 9.17) is 4.74 Å². The molecule has 2 aromatic carbocycles. The van der Waals surface area contributed by atoms with Gasteiger partial charge in [0.05, 0.1) is 6.10 Å². The Morgan fingerprint density at radius 2 is 1.63 bits per heavy atom. The summed E-state index contributed by atoms with van der Waals surface area (Å²) in [6.07, 6.45) is 2.18. The fourth-order valence-corrected chi connectivity index (χ4v) is 2.97. The van der Waals surface area contributed by atoms with Crippen molar-refractivity contribution >= 4 is 11.8 Å². The number of amides is 2. The van der Waals surface area contributed by atoms with Gasteiger partial charge in [-0.1, -0.05) is 12.1 Å². The number of carbonyl (C=O) groups is 2. The molecule has 1 fully saturated rings. The lowest BCUT2D eigenvalue weighted by molar-refractivity contribution is 0.0729. The summed E-state index contributed by atoms with van der Waals surface area (Å²) in [5.74, 6) is 0.689. The number of nitrogens with zero attached hydrogens (tertiary/aromatic N) is 1. The highest BCUT2D eigenvalue weighted by atomic mass is 16.5. The second kappa shape index (κ2) is 8.25. The Kier molecular flexibility index (Phi) is 5.79. The molecule has 0 saturated heterocycles. The van der Waals surface area contributed by atoms with Crippen molar-refractivity contribution in [3.05, 3.63) is 65.2 Å². The van der Waals surface area contributed by atoms with E-state index < -0.39 is 0 Å². The van der Waals surface area contributed by atoms with Gasteiger partial charge >= 0.3 is 0 Å². The van der Waals surface area contributed by atoms with Gasteiger partial charge in [-0.2, -0.15) is 0 Å². The van der Waals surface area contributed by atoms with Crippen molar-refractivity contribution in [2.45, 2.75) is 45.4 Å². The van der Waals surface area contributed by atoms with Crippen molar-refractivity contribution < 1.29 is 14.3 Å². The minimum Gasteiger partial charge on any atom is -0.491 e. The molecule has 1 saturated carbocycles. The minimum atomic E-state index is -0.111. The number of hydrogen-bond acceptors (Lipinski definition) is 3. The Hall–Kier alpha value is -2.82. The molecule has 0 bridgehead atoms. The summed E-state index contributed by atoms with van der Waals surface area (Å²) in [4.78, 5) is 26.6. The molecule has 2 aromatic rings. The molecule has 0 spiro atoms. The molecule has 5 heteroatoms. The van der Waals surface area contributed by atoms with Gasteiger partial charge in [-0.3, -0.25) is 9.59 Å². The van der Waals surface area contributed by atoms with Crippen molar-refractivity contribution in [1.82, 2.24) is 10.2 Å². The molecule has 2 amide bonds. The third kappa shape index (κ3) is 4.88. The fraction of sp³-hybridized carbons (Fsp3) is 0.364. The van der Waals surface area contributed by atoms with Gasteiger partial charge < -0.3 is 15.0 Å². The molecule has 1 N–H and O–H groups in total. The van der Waals surface area contributed by atoms with Crippen LogP contribution in [0.4, 0.5) is 0 Å². The Morgan fingerprint density at radius 3 is 2.15 bits per heavy atom. The maximum absolute atomic E-state index is 13.0. The average molecular weight is 366 g/mol. The van der Waals surface area contributed by atoms with Gasteiger partial charge in [0.25, 0.3) is 11.8 Å². The summed E-state index contributed by atoms with van der Waals surface area (Å²) in [5, 5.41) is 2.61. The third-order valence-corrected chi connectivity index (χ3v) is 4.52. The number of ether oxygens (including phenoxy) is 1. The Morgan fingerprint density at radius 1 is 1.04 bits per heavy atom. The van der Waals surface area contributed by atoms with Gasteiger partial charge in [0.15, 0.2) is 0 Å². The molecule has 0 unspecified atom stereocenters. The summed E-state index contributed by atoms with van der Waals surface area (Å²) < 4.78 is 5.65. The predicted octanol–water partition coefficient (Wildman–Crippen LogP) is 3.64. The quantitative estimate of drug-likeness (QED) is 0.814. The molecule has 5 nitrogen and oxygen atoms in total. The first-order valence-corrected chi connectivity index (χ1v) is 9.36. The van der Waals surface area contributed by atoms with Crippen LogP contribution in [0, 0.1) is 0 Å². The predicted molar refractivity (Wildman–Crippen MR) is 105 cm³/mol. The molecule has 0 radical (unpaired) electrons. The van der Waals surface area contributed by atoms with E-state index in [1.54, 1.807) is 19.2 Å². The topological polar surface area (TPSA) is 58.6 Å². The number of hydrogen-bond donors (Lipinski definition) is 1. The summed E-state index contributed by atoms with van der Waals surface area (Å²) in [7, 11) is 1.61. The van der Waals surface area contributed by atoms with Crippen LogP contribution >= 0.6 is 0 Å². The van der Waals surface area contributed by atoms with Crippen LogP contribution in [-0.4, -0.2) is 35.9 Å². The molecule has 1 aliphatic rings. The SMILES string of the molecule is CNC(=O)c1ccc(CN(C(=O)c2ccc(OC(C)C)cc2)C2CC2)cc1. The van der Waals surface area contributed by atoms with Crippen molar-refractivity contribution in [2.75, 3.05) is 7.05 Å². The number of carbonyl (C=O) groups excluding carboxylic acids is 2. The smallest absolute Gasteiger partial charge is 0.254 e. The normalized spacial score (nSPS) is 13.3. The Bertz CT molecular complexity index is 793. The monoisotopic (exact) mass is 366 g/mol. The molecule has 0 aliphatic heterocycles. The van der Waals surface area contributed by atoms with E-state index in [1.807, 2.05) is 55.1 Å². The van der Waals surface area contributed by atoms with E-state index >= 15 is 0 Å². The van der Waals surface area contributed by atoms with Crippen molar-refractivity contribution in [1.29, 1.82) is 0 Å². The first-order valence-electron chi connectivity index (χ1n) is 9.36. The molecule has 0 heterocycles. The number of nitrogens with one attached hydrogen (secondary N) is 1. The highest BCUT2D eigenvalue weighted by molar-refractivity contribution is 5.95. The zero-order valence-corrected chi connectivity index (χ0v) is 16.1. The van der Waals surface area contributed by atoms with Crippen molar-refractivity contribution in [2.24, 2.45) is 0 Å². The molecule has 3 rings (SSSR count). The molecule has 142 valence electrons. The van der Waals surface area contributed by atoms with Crippen molar-refractivity contribution in [3.8, 4) is 5.75 Å². The third-order valence-electron chi connectivity index (χ3n) is 4.52. The average Bonchev–Trinajstić information content (AvgIpc) is 3.50. The van der Waals surface area contributed by atoms with Crippen LogP contribution < -0.4 is 10.1 Å². The molecule has 1 aliphatic carbocycles. The van der Waals surface area contributed by atoms with Gasteiger partial charge in [0.2, 0.25) is 0 Å². The second-order valence-corrected chi connectivity index (χ2v) is 7.13. The standard InChI is InChI=1S/C22H26N2O3/c1-15(2)27-20-12-8-18(9-13-20)22(26)24(19-10-11-19)14-16-4-6-17(7-5-16)21(25)23-3/h4-9,12-13,15,19H,10-11,14H2,1-3H3,(H,23,25). The highest BCUT2D eigenvalue weighted by Gasteiger charge is 2.33. The first kappa shape index (κ1) is 19.0. The van der Waals surface area contributed by atoms with E-state index in [1.165, 1.54) is 0 Å². The molecular formula is C22H26N2O3. The number of rotatable bonds is 7. The molecular weight excluding hydrogens is 340 g/mol. The summed E-state index contributed by atoms with van der Waals surface area (Å²) in [6.45, 7) is 4.49. The molecule has 0 aromatic heterocycles. The van der Waals surface area contributed by atoms with Crippen LogP contribution in [0.2, 0.25) is 0 Å². The molecule has 27 heavy (non-hydrogen) atoms. The first-order chi connectivity index (χ1) is 13.0. The fourth-order valence-electron chi connectivity index (χ4n) is 2.97. The van der Waals surface area contributed by atoms with Crippen LogP contribution in [-0.2, 0) is 6.54 Å². The van der Waals surface area contributed by atoms with Gasteiger partial charge in [-0.15, -0.1) is 0 Å². The minimum absolute atomic E-state index is 0.0315. The highest BCUT2D eigenvalue weighted by Crippen LogP contribution is 2.30. The summed E-state index contributed by atoms with van der Waals surface area (Å²) >= 11 is 0. The largest absolute Gasteiger partial charge is 0.491 e. The van der Waals surface area contributed by atoms with Crippen LogP contribution in [0.1, 0.15) is 53.0 Å². The maximum atomic E-state index is 13.0. The van der Waals surface area contributed by atoms with Crippen LogP contribution in [0.15, 0.2) is 48.5 Å². The Labute approximate surface area is 160 Å². The van der Waals surface area contributed by atoms with Gasteiger partial charge in [0, 0.05) is 30.8 Å². The van der Waals surface area contributed by atoms with E-state index in [0.717, 1.165) is 24.2 Å². The Balaban J connectivity index is 1.71.